The lowest BCUT2D eigenvalue weighted by Gasteiger charge is -2.35. The third kappa shape index (κ3) is 6.59. The van der Waals surface area contributed by atoms with Gasteiger partial charge < -0.3 is 9.05 Å². The van der Waals surface area contributed by atoms with E-state index in [0.717, 1.165) is 0 Å². The zero-order valence-corrected chi connectivity index (χ0v) is 43.3. The Balaban J connectivity index is 1.30. The maximum absolute atomic E-state index is 2.76. The number of aryl methyl sites for hydroxylation is 2. The monoisotopic (exact) mass is 897 g/mol. The maximum Gasteiger partial charge on any atom is 0.333 e. The summed E-state index contributed by atoms with van der Waals surface area (Å²) in [6.07, 6.45) is 0. The number of nitrogens with zero attached hydrogens (tertiary/aromatic N) is 2. The molecule has 0 bridgehead atoms. The first-order valence-corrected chi connectivity index (χ1v) is 25.3. The van der Waals surface area contributed by atoms with Crippen molar-refractivity contribution in [3.63, 3.8) is 0 Å². The summed E-state index contributed by atoms with van der Waals surface area (Å²) in [6, 6.07) is 55.1. The van der Waals surface area contributed by atoms with Gasteiger partial charge in [0.1, 0.15) is 0 Å². The molecule has 0 amide bonds. The van der Waals surface area contributed by atoms with Crippen LogP contribution in [-0.2, 0) is 21.7 Å². The fraction of sp³-hybridized carbons (Fsp3) is 0.273. The van der Waals surface area contributed by atoms with Crippen LogP contribution in [0, 0.1) is 13.8 Å². The minimum atomic E-state index is -0.0670. The standard InChI is InChI=1S/C66H65BN2/c1-38-19-15-17-21-48(38)40-23-25-57-50(29-40)53-31-43(49-22-18-16-20-39(49)2)32-56-62(53)68(57)59-33-42(41-27-45(64(6,7)8)34-46(28-41)65(9,10)11)30-52-55-37-47(66(12,13)14)36-54-51-35-44(63(3,4)5)24-26-58(51)69(61(54)55)67(56)60(52)59/h15-37H,1-14H3. The summed E-state index contributed by atoms with van der Waals surface area (Å²) in [4.78, 5) is 0. The Bertz CT molecular complexity index is 3810. The summed E-state index contributed by atoms with van der Waals surface area (Å²) in [7, 11) is 0. The lowest BCUT2D eigenvalue weighted by Crippen LogP contribution is -2.55. The molecule has 69 heavy (non-hydrogen) atoms. The van der Waals surface area contributed by atoms with Gasteiger partial charge in [-0.2, -0.15) is 0 Å². The third-order valence-electron chi connectivity index (χ3n) is 15.9. The van der Waals surface area contributed by atoms with Crippen molar-refractivity contribution in [2.45, 2.75) is 119 Å². The van der Waals surface area contributed by atoms with Gasteiger partial charge in [-0.15, -0.1) is 0 Å². The molecule has 2 aliphatic heterocycles. The smallest absolute Gasteiger partial charge is 0.333 e. The van der Waals surface area contributed by atoms with Gasteiger partial charge in [0.2, 0.25) is 0 Å². The van der Waals surface area contributed by atoms with Gasteiger partial charge in [0.15, 0.2) is 0 Å². The van der Waals surface area contributed by atoms with Crippen LogP contribution in [0.2, 0.25) is 0 Å². The quantitative estimate of drug-likeness (QED) is 0.156. The molecule has 0 saturated carbocycles. The Labute approximate surface area is 410 Å². The van der Waals surface area contributed by atoms with Crippen LogP contribution < -0.4 is 10.9 Å². The molecule has 8 aromatic carbocycles. The number of aromatic nitrogens is 2. The summed E-state index contributed by atoms with van der Waals surface area (Å²) < 4.78 is 5.43. The molecule has 0 unspecified atom stereocenters. The lowest BCUT2D eigenvalue weighted by molar-refractivity contribution is 0.569. The van der Waals surface area contributed by atoms with E-state index in [1.54, 1.807) is 0 Å². The Kier molecular flexibility index (Phi) is 9.17. The van der Waals surface area contributed by atoms with E-state index in [1.807, 2.05) is 0 Å². The van der Waals surface area contributed by atoms with Crippen LogP contribution >= 0.6 is 0 Å². The number of hydrogen-bond acceptors (Lipinski definition) is 0. The number of benzene rings is 8. The lowest BCUT2D eigenvalue weighted by atomic mass is 9.45. The second-order valence-corrected chi connectivity index (χ2v) is 24.8. The first kappa shape index (κ1) is 43.7. The molecule has 0 aliphatic carbocycles. The van der Waals surface area contributed by atoms with Crippen molar-refractivity contribution in [2.75, 3.05) is 0 Å². The Morgan fingerprint density at radius 1 is 0.362 bits per heavy atom. The molecular weight excluding hydrogens is 832 g/mol. The number of fused-ring (bicyclic) bond motifs is 10. The van der Waals surface area contributed by atoms with Gasteiger partial charge >= 0.3 is 6.85 Å². The van der Waals surface area contributed by atoms with Crippen LogP contribution in [0.4, 0.5) is 0 Å². The zero-order chi connectivity index (χ0) is 48.4. The molecule has 0 radical (unpaired) electrons. The molecule has 4 heterocycles. The summed E-state index contributed by atoms with van der Waals surface area (Å²) in [5.74, 6) is 0. The highest BCUT2D eigenvalue weighted by Gasteiger charge is 2.43. The van der Waals surface area contributed by atoms with Gasteiger partial charge in [0.05, 0.1) is 11.0 Å². The number of hydrogen-bond donors (Lipinski definition) is 0. The predicted molar refractivity (Wildman–Crippen MR) is 300 cm³/mol. The van der Waals surface area contributed by atoms with Crippen LogP contribution in [0.3, 0.4) is 0 Å². The topological polar surface area (TPSA) is 9.86 Å². The van der Waals surface area contributed by atoms with Crippen molar-refractivity contribution >= 4 is 61.4 Å². The van der Waals surface area contributed by atoms with Crippen LogP contribution in [0.5, 0.6) is 0 Å². The van der Waals surface area contributed by atoms with E-state index >= 15 is 0 Å². The van der Waals surface area contributed by atoms with Crippen LogP contribution in [-0.4, -0.2) is 15.9 Å². The molecule has 3 heteroatoms. The van der Waals surface area contributed by atoms with Gasteiger partial charge in [0, 0.05) is 43.8 Å². The second kappa shape index (κ2) is 14.5. The Morgan fingerprint density at radius 3 is 1.51 bits per heavy atom. The van der Waals surface area contributed by atoms with Gasteiger partial charge in [-0.05, 0) is 173 Å². The fourth-order valence-electron chi connectivity index (χ4n) is 11.9. The van der Waals surface area contributed by atoms with Crippen molar-refractivity contribution in [2.24, 2.45) is 0 Å². The number of rotatable bonds is 3. The van der Waals surface area contributed by atoms with E-state index in [1.165, 1.54) is 138 Å². The Hall–Kier alpha value is -6.58. The molecule has 12 rings (SSSR count). The van der Waals surface area contributed by atoms with Crippen LogP contribution in [0.25, 0.3) is 93.8 Å². The first-order valence-electron chi connectivity index (χ1n) is 25.3. The molecule has 10 aromatic rings. The maximum atomic E-state index is 2.76. The SMILES string of the molecule is Cc1ccccc1-c1ccc2c(c1)c1cc(-c3ccccc3C)cc3c1n2-c1cc(-c2cc(C(C)(C)C)cc(C(C)(C)C)c2)cc2c1B3n1c3ccc(C(C)(C)C)cc3c3cc(C(C)(C)C)cc-2c31. The highest BCUT2D eigenvalue weighted by atomic mass is 15.0. The first-order chi connectivity index (χ1) is 32.6. The van der Waals surface area contributed by atoms with Gasteiger partial charge in [-0.25, -0.2) is 0 Å². The molecule has 2 aliphatic rings. The van der Waals surface area contributed by atoms with Crippen molar-refractivity contribution in [1.29, 1.82) is 0 Å². The highest BCUT2D eigenvalue weighted by Crippen LogP contribution is 2.48. The fourth-order valence-corrected chi connectivity index (χ4v) is 11.9. The van der Waals surface area contributed by atoms with E-state index in [0.29, 0.717) is 0 Å². The van der Waals surface area contributed by atoms with Crippen molar-refractivity contribution in [3.05, 3.63) is 173 Å². The second-order valence-electron chi connectivity index (χ2n) is 24.8. The van der Waals surface area contributed by atoms with Crippen molar-refractivity contribution in [1.82, 2.24) is 9.05 Å². The van der Waals surface area contributed by atoms with E-state index < -0.39 is 0 Å². The average molecular weight is 897 g/mol. The molecule has 0 atom stereocenters. The molecule has 0 N–H and O–H groups in total. The Morgan fingerprint density at radius 2 is 0.884 bits per heavy atom. The van der Waals surface area contributed by atoms with Crippen LogP contribution in [0.15, 0.2) is 140 Å². The minimum absolute atomic E-state index is 0.00273. The van der Waals surface area contributed by atoms with Crippen molar-refractivity contribution < 1.29 is 0 Å². The van der Waals surface area contributed by atoms with E-state index in [2.05, 4.69) is 246 Å². The average Bonchev–Trinajstić information content (AvgIpc) is 3.80. The molecule has 0 fully saturated rings. The zero-order valence-electron chi connectivity index (χ0n) is 43.3. The van der Waals surface area contributed by atoms with Crippen LogP contribution in [0.1, 0.15) is 116 Å². The molecule has 0 spiro atoms. The van der Waals surface area contributed by atoms with Gasteiger partial charge in [0.25, 0.3) is 0 Å². The van der Waals surface area contributed by atoms with E-state index in [9.17, 15) is 0 Å². The predicted octanol–water partition coefficient (Wildman–Crippen LogP) is 16.6. The summed E-state index contributed by atoms with van der Waals surface area (Å²) >= 11 is 0. The molecule has 342 valence electrons. The summed E-state index contributed by atoms with van der Waals surface area (Å²) in [5.41, 5.74) is 27.4. The summed E-state index contributed by atoms with van der Waals surface area (Å²) in [5, 5.41) is 5.28. The summed E-state index contributed by atoms with van der Waals surface area (Å²) in [6.45, 7) is 32.7. The van der Waals surface area contributed by atoms with E-state index in [-0.39, 0.29) is 28.5 Å². The largest absolute Gasteiger partial charge is 0.375 e. The highest BCUT2D eigenvalue weighted by molar-refractivity contribution is 6.90. The molecule has 2 nitrogen and oxygen atoms in total. The molecule has 2 aromatic heterocycles. The third-order valence-corrected chi connectivity index (χ3v) is 15.9. The van der Waals surface area contributed by atoms with Gasteiger partial charge in [-0.3, -0.25) is 0 Å². The minimum Gasteiger partial charge on any atom is -0.375 e. The molecule has 0 saturated heterocycles. The normalized spacial score (nSPS) is 13.6. The van der Waals surface area contributed by atoms with Crippen molar-refractivity contribution in [3.8, 4) is 50.2 Å². The molecular formula is C66H65BN2. The van der Waals surface area contributed by atoms with E-state index in [4.69, 9.17) is 0 Å². The van der Waals surface area contributed by atoms with Gasteiger partial charge in [-0.1, -0.05) is 168 Å².